The van der Waals surface area contributed by atoms with E-state index in [-0.39, 0.29) is 99.4 Å². The lowest BCUT2D eigenvalue weighted by Crippen LogP contribution is -2.48. The fourth-order valence-electron chi connectivity index (χ4n) is 8.45. The molecule has 20 heteroatoms. The van der Waals surface area contributed by atoms with Gasteiger partial charge in [-0.15, -0.1) is 5.06 Å². The first-order valence-electron chi connectivity index (χ1n) is 29.3. The Kier molecular flexibility index (Phi) is 39.7. The first kappa shape index (κ1) is 71.5. The third-order valence-corrected chi connectivity index (χ3v) is 12.5. The van der Waals surface area contributed by atoms with Crippen LogP contribution in [0.3, 0.4) is 0 Å². The van der Waals surface area contributed by atoms with E-state index < -0.39 is 36.0 Å². The van der Waals surface area contributed by atoms with E-state index in [1.165, 1.54) is 84.0 Å². The van der Waals surface area contributed by atoms with Gasteiger partial charge in [0.15, 0.2) is 0 Å². The number of likely N-dealkylation sites (tertiary alicyclic amines) is 1. The number of rotatable bonds is 42. The van der Waals surface area contributed by atoms with E-state index in [1.807, 2.05) is 53.4 Å². The molecule has 0 spiro atoms. The topological polar surface area (TPSA) is 249 Å². The molecule has 78 heavy (non-hydrogen) atoms. The zero-order valence-corrected chi connectivity index (χ0v) is 49.2. The number of imide groups is 1. The Morgan fingerprint density at radius 2 is 1.04 bits per heavy atom. The van der Waals surface area contributed by atoms with Crippen molar-refractivity contribution in [1.29, 1.82) is 0 Å². The van der Waals surface area contributed by atoms with Crippen molar-refractivity contribution in [2.24, 2.45) is 5.92 Å². The second-order valence-corrected chi connectivity index (χ2v) is 22.3. The smallest absolute Gasteiger partial charge is 0.358 e. The number of carbonyl (C=O) groups is 9. The zero-order chi connectivity index (χ0) is 58.0. The molecule has 5 amide bonds. The minimum absolute atomic E-state index is 0.0288. The van der Waals surface area contributed by atoms with E-state index in [0.29, 0.717) is 76.3 Å². The quantitative estimate of drug-likeness (QED) is 0.0331. The third-order valence-electron chi connectivity index (χ3n) is 12.5. The molecule has 2 aliphatic rings. The molecular formula is C58H102N4O16. The number of esters is 2. The number of piperidine rings is 1. The molecule has 0 saturated carbocycles. The molecule has 2 fully saturated rings. The highest BCUT2D eigenvalue weighted by Crippen LogP contribution is 2.21. The average Bonchev–Trinajstić information content (AvgIpc) is 3.68. The lowest BCUT2D eigenvalue weighted by atomic mass is 9.95. The summed E-state index contributed by atoms with van der Waals surface area (Å²) >= 11 is 0. The summed E-state index contributed by atoms with van der Waals surface area (Å²) in [5, 5.41) is 5.99. The van der Waals surface area contributed by atoms with Crippen LogP contribution in [0.15, 0.2) is 0 Å². The van der Waals surface area contributed by atoms with Gasteiger partial charge in [0.2, 0.25) is 17.7 Å². The number of ketones is 1. The van der Waals surface area contributed by atoms with E-state index in [4.69, 9.17) is 28.4 Å². The Balaban J connectivity index is 0.000000849. The summed E-state index contributed by atoms with van der Waals surface area (Å²) in [7, 11) is 0. The van der Waals surface area contributed by atoms with E-state index >= 15 is 0 Å². The number of nitrogens with one attached hydrogen (secondary N) is 2. The molecule has 0 unspecified atom stereocenters. The summed E-state index contributed by atoms with van der Waals surface area (Å²) < 4.78 is 31.5. The normalized spacial score (nSPS) is 14.4. The van der Waals surface area contributed by atoms with E-state index in [1.54, 1.807) is 0 Å². The minimum Gasteiger partial charge on any atom is -0.460 e. The summed E-state index contributed by atoms with van der Waals surface area (Å²) in [6.07, 6.45) is 24.6. The van der Waals surface area contributed by atoms with Crippen molar-refractivity contribution >= 4 is 53.2 Å². The Hall–Kier alpha value is -4.53. The number of hydrogen-bond donors (Lipinski definition) is 2. The SMILES string of the molecule is CC(=O)CCCOCCOCC(=O)NCCOCCOCC(=O)ON1C(=O)CCC1=O.CCC[C@H](NC(=O)C1CCN(C(=O)CCCCCCCCCCCCCCCCCCC(=O)OC(C)(C)C)CC1)C(=O)OC(C)(C)C. The fourth-order valence-corrected chi connectivity index (χ4v) is 8.45. The van der Waals surface area contributed by atoms with E-state index in [2.05, 4.69) is 15.5 Å². The van der Waals surface area contributed by atoms with Gasteiger partial charge in [-0.25, -0.2) is 9.59 Å². The second-order valence-electron chi connectivity index (χ2n) is 22.3. The summed E-state index contributed by atoms with van der Waals surface area (Å²) in [6, 6.07) is -0.617. The largest absolute Gasteiger partial charge is 0.460 e. The molecule has 1 atom stereocenters. The van der Waals surface area contributed by atoms with Gasteiger partial charge in [0.05, 0.1) is 33.0 Å². The lowest BCUT2D eigenvalue weighted by Gasteiger charge is -2.32. The molecule has 0 aromatic rings. The maximum Gasteiger partial charge on any atom is 0.358 e. The van der Waals surface area contributed by atoms with Crippen LogP contribution in [0.1, 0.15) is 222 Å². The van der Waals surface area contributed by atoms with Crippen molar-refractivity contribution in [3.05, 3.63) is 0 Å². The van der Waals surface area contributed by atoms with Gasteiger partial charge in [0.25, 0.3) is 11.8 Å². The van der Waals surface area contributed by atoms with Gasteiger partial charge in [-0.3, -0.25) is 28.8 Å². The molecule has 2 rings (SSSR count). The van der Waals surface area contributed by atoms with Crippen molar-refractivity contribution in [2.45, 2.75) is 240 Å². The zero-order valence-electron chi connectivity index (χ0n) is 49.2. The summed E-state index contributed by atoms with van der Waals surface area (Å²) in [4.78, 5) is 113. The molecule has 2 aliphatic heterocycles. The maximum atomic E-state index is 12.9. The number of unbranched alkanes of at least 4 members (excludes halogenated alkanes) is 15. The first-order chi connectivity index (χ1) is 37.1. The van der Waals surface area contributed by atoms with Crippen LogP contribution in [0.25, 0.3) is 0 Å². The van der Waals surface area contributed by atoms with Crippen LogP contribution in [-0.2, 0) is 76.4 Å². The maximum absolute atomic E-state index is 12.9. The molecule has 0 aromatic heterocycles. The van der Waals surface area contributed by atoms with Crippen LogP contribution >= 0.6 is 0 Å². The predicted octanol–water partition coefficient (Wildman–Crippen LogP) is 8.36. The number of hydrogen-bond acceptors (Lipinski definition) is 16. The molecule has 2 N–H and O–H groups in total. The number of hydroxylamine groups is 2. The number of amides is 5. The van der Waals surface area contributed by atoms with Crippen molar-refractivity contribution in [3.8, 4) is 0 Å². The molecule has 0 bridgehead atoms. The molecule has 450 valence electrons. The molecule has 0 aliphatic carbocycles. The second kappa shape index (κ2) is 43.3. The number of Topliss-reactive ketones (excluding diaryl/α,β-unsaturated/α-hetero) is 1. The van der Waals surface area contributed by atoms with Gasteiger partial charge in [-0.1, -0.05) is 103 Å². The lowest BCUT2D eigenvalue weighted by molar-refractivity contribution is -0.200. The first-order valence-corrected chi connectivity index (χ1v) is 29.3. The van der Waals surface area contributed by atoms with Crippen LogP contribution in [0.2, 0.25) is 0 Å². The molecule has 2 saturated heterocycles. The van der Waals surface area contributed by atoms with Gasteiger partial charge in [-0.05, 0) is 87.0 Å². The van der Waals surface area contributed by atoms with Crippen molar-refractivity contribution in [1.82, 2.24) is 20.6 Å². The number of nitrogens with zero attached hydrogens (tertiary/aromatic N) is 2. The standard InChI is InChI=1S/C39H72N2O6.C19H30N2O10/c1-8-25-33(37(45)47-39(5,6)7)40-36(44)32-28-30-41(31-29-32)34(42)26-23-21-19-17-15-13-11-9-10-12-14-16-18-20-22-24-27-35(43)46-38(2,3)4;1-15(22)3-2-7-27-9-11-29-13-16(23)20-6-8-28-10-12-30-14-19(26)31-21-17(24)4-5-18(21)25/h32-33H,8-31H2,1-7H3,(H,40,44);2-14H2,1H3,(H,20,23)/t33-;/m0./s1. The summed E-state index contributed by atoms with van der Waals surface area (Å²) in [5.74, 6) is -2.62. The number of ether oxygens (including phenoxy) is 6. The van der Waals surface area contributed by atoms with Gasteiger partial charge in [-0.2, -0.15) is 0 Å². The van der Waals surface area contributed by atoms with Crippen LogP contribution < -0.4 is 10.6 Å². The van der Waals surface area contributed by atoms with E-state index in [9.17, 15) is 43.2 Å². The fraction of sp³-hybridized carbons (Fsp3) is 0.845. The Bertz CT molecular complexity index is 1720. The molecule has 0 radical (unpaired) electrons. The van der Waals surface area contributed by atoms with Crippen molar-refractivity contribution in [2.75, 3.05) is 72.5 Å². The van der Waals surface area contributed by atoms with Gasteiger partial charge < -0.3 is 53.6 Å². The number of carbonyl (C=O) groups excluding carboxylic acids is 9. The predicted molar refractivity (Wildman–Crippen MR) is 294 cm³/mol. The average molecular weight is 1110 g/mol. The monoisotopic (exact) mass is 1110 g/mol. The van der Waals surface area contributed by atoms with E-state index in [0.717, 1.165) is 32.1 Å². The van der Waals surface area contributed by atoms with Crippen LogP contribution in [0, 0.1) is 5.92 Å². The van der Waals surface area contributed by atoms with Gasteiger partial charge in [0.1, 0.15) is 36.2 Å². The van der Waals surface area contributed by atoms with Gasteiger partial charge >= 0.3 is 17.9 Å². The molecule has 0 aromatic carbocycles. The highest BCUT2D eigenvalue weighted by molar-refractivity contribution is 6.01. The molecule has 2 heterocycles. The third kappa shape index (κ3) is 39.8. The Labute approximate surface area is 466 Å². The summed E-state index contributed by atoms with van der Waals surface area (Å²) in [5.41, 5.74) is -0.964. The Morgan fingerprint density at radius 1 is 0.564 bits per heavy atom. The summed E-state index contributed by atoms with van der Waals surface area (Å²) in [6.45, 7) is 17.4. The highest BCUT2D eigenvalue weighted by atomic mass is 16.7. The highest BCUT2D eigenvalue weighted by Gasteiger charge is 2.33. The van der Waals surface area contributed by atoms with Gasteiger partial charge in [0, 0.05) is 64.3 Å². The Morgan fingerprint density at radius 3 is 1.54 bits per heavy atom. The van der Waals surface area contributed by atoms with Crippen molar-refractivity contribution in [3.63, 3.8) is 0 Å². The molecule has 20 nitrogen and oxygen atoms in total. The molecular weight excluding hydrogens is 1010 g/mol. The van der Waals surface area contributed by atoms with Crippen molar-refractivity contribution < 1.29 is 76.4 Å². The minimum atomic E-state index is -0.850. The van der Waals surface area contributed by atoms with Crippen LogP contribution in [-0.4, -0.2) is 153 Å². The van der Waals surface area contributed by atoms with Crippen LogP contribution in [0.5, 0.6) is 0 Å². The van der Waals surface area contributed by atoms with Crippen LogP contribution in [0.4, 0.5) is 0 Å².